The maximum absolute atomic E-state index is 11.0. The first-order chi connectivity index (χ1) is 6.69. The second kappa shape index (κ2) is 2.88. The van der Waals surface area contributed by atoms with Gasteiger partial charge in [0.1, 0.15) is 6.54 Å². The number of nitrogens with zero attached hydrogens (tertiary/aromatic N) is 2. The van der Waals surface area contributed by atoms with Crippen molar-refractivity contribution in [3.63, 3.8) is 0 Å². The highest BCUT2D eigenvalue weighted by atomic mass is 16.4. The quantitative estimate of drug-likeness (QED) is 0.711. The summed E-state index contributed by atoms with van der Waals surface area (Å²) in [6.45, 7) is 0.385. The maximum atomic E-state index is 11.0. The lowest BCUT2D eigenvalue weighted by atomic mass is 10.0. The van der Waals surface area contributed by atoms with Gasteiger partial charge in [0.2, 0.25) is 0 Å². The summed E-state index contributed by atoms with van der Waals surface area (Å²) in [7, 11) is 0. The molecule has 0 aromatic carbocycles. The summed E-state index contributed by atoms with van der Waals surface area (Å²) in [6.07, 6.45) is 9.84. The van der Waals surface area contributed by atoms with Crippen molar-refractivity contribution in [2.45, 2.75) is 24.8 Å². The fraction of sp³-hybridized carbons (Fsp3) is 0.400. The zero-order valence-electron chi connectivity index (χ0n) is 7.60. The molecule has 0 amide bonds. The normalized spacial score (nSPS) is 17.4. The van der Waals surface area contributed by atoms with E-state index in [0.717, 1.165) is 5.56 Å². The van der Waals surface area contributed by atoms with Gasteiger partial charge in [-0.3, -0.25) is 9.48 Å². The van der Waals surface area contributed by atoms with Crippen LogP contribution in [0.4, 0.5) is 0 Å². The molecule has 1 aromatic rings. The van der Waals surface area contributed by atoms with Crippen LogP contribution < -0.4 is 0 Å². The number of carboxylic acid groups (broad SMARTS) is 1. The van der Waals surface area contributed by atoms with E-state index in [-0.39, 0.29) is 0 Å². The van der Waals surface area contributed by atoms with Crippen molar-refractivity contribution in [1.29, 1.82) is 0 Å². The van der Waals surface area contributed by atoms with Gasteiger partial charge in [-0.05, 0) is 12.8 Å². The molecule has 4 nitrogen and oxygen atoms in total. The molecule has 72 valence electrons. The van der Waals surface area contributed by atoms with Gasteiger partial charge in [0, 0.05) is 11.8 Å². The number of carboxylic acids is 1. The fourth-order valence-electron chi connectivity index (χ4n) is 1.54. The molecule has 1 aromatic heterocycles. The van der Waals surface area contributed by atoms with Gasteiger partial charge in [-0.25, -0.2) is 0 Å². The Balaban J connectivity index is 2.26. The second-order valence-electron chi connectivity index (χ2n) is 3.52. The average Bonchev–Trinajstić information content (AvgIpc) is 2.84. The van der Waals surface area contributed by atoms with Crippen LogP contribution in [0.15, 0.2) is 12.4 Å². The molecule has 0 aliphatic heterocycles. The average molecular weight is 190 g/mol. The van der Waals surface area contributed by atoms with Crippen LogP contribution in [0, 0.1) is 12.3 Å². The number of aromatic nitrogens is 2. The lowest BCUT2D eigenvalue weighted by molar-refractivity contribution is -0.140. The molecule has 1 aliphatic carbocycles. The predicted molar refractivity (Wildman–Crippen MR) is 49.6 cm³/mol. The van der Waals surface area contributed by atoms with Gasteiger partial charge >= 0.3 is 5.97 Å². The SMILES string of the molecule is C#CCn1cc(C2(C(=O)O)CC2)cn1. The van der Waals surface area contributed by atoms with E-state index in [1.165, 1.54) is 0 Å². The van der Waals surface area contributed by atoms with Gasteiger partial charge in [-0.2, -0.15) is 5.10 Å². The minimum Gasteiger partial charge on any atom is -0.481 e. The van der Waals surface area contributed by atoms with Crippen LogP contribution >= 0.6 is 0 Å². The zero-order valence-corrected chi connectivity index (χ0v) is 7.60. The van der Waals surface area contributed by atoms with Crippen LogP contribution in [0.1, 0.15) is 18.4 Å². The van der Waals surface area contributed by atoms with Gasteiger partial charge in [0.05, 0.1) is 11.6 Å². The molecule has 0 atom stereocenters. The summed E-state index contributed by atoms with van der Waals surface area (Å²) in [5.41, 5.74) is 0.0904. The third-order valence-corrected chi connectivity index (χ3v) is 2.60. The van der Waals surface area contributed by atoms with Gasteiger partial charge in [-0.1, -0.05) is 5.92 Å². The first-order valence-electron chi connectivity index (χ1n) is 4.39. The zero-order chi connectivity index (χ0) is 10.2. The Morgan fingerprint density at radius 3 is 3.00 bits per heavy atom. The molecule has 2 rings (SSSR count). The number of aliphatic carboxylic acids is 1. The van der Waals surface area contributed by atoms with E-state index < -0.39 is 11.4 Å². The Labute approximate surface area is 81.5 Å². The molecule has 1 N–H and O–H groups in total. The van der Waals surface area contributed by atoms with Crippen LogP contribution in [0.3, 0.4) is 0 Å². The molecule has 14 heavy (non-hydrogen) atoms. The van der Waals surface area contributed by atoms with Gasteiger partial charge in [0.15, 0.2) is 0 Å². The number of hydrogen-bond donors (Lipinski definition) is 1. The van der Waals surface area contributed by atoms with Crippen molar-refractivity contribution < 1.29 is 9.90 Å². The third kappa shape index (κ3) is 1.18. The molecule has 1 fully saturated rings. The molecule has 0 spiro atoms. The van der Waals surface area contributed by atoms with Crippen molar-refractivity contribution in [3.8, 4) is 12.3 Å². The molecule has 1 heterocycles. The molecule has 0 bridgehead atoms. The fourth-order valence-corrected chi connectivity index (χ4v) is 1.54. The van der Waals surface area contributed by atoms with Crippen molar-refractivity contribution in [2.24, 2.45) is 0 Å². The van der Waals surface area contributed by atoms with Crippen molar-refractivity contribution in [1.82, 2.24) is 9.78 Å². The minimum atomic E-state index is -0.766. The monoisotopic (exact) mass is 190 g/mol. The lowest BCUT2D eigenvalue weighted by Gasteiger charge is -2.04. The van der Waals surface area contributed by atoms with Crippen LogP contribution in [0.25, 0.3) is 0 Å². The lowest BCUT2D eigenvalue weighted by Crippen LogP contribution is -2.18. The highest BCUT2D eigenvalue weighted by Gasteiger charge is 2.52. The van der Waals surface area contributed by atoms with E-state index in [1.807, 2.05) is 0 Å². The molecule has 1 saturated carbocycles. The van der Waals surface area contributed by atoms with Gasteiger partial charge in [-0.15, -0.1) is 6.42 Å². The number of carbonyl (C=O) groups is 1. The summed E-state index contributed by atoms with van der Waals surface area (Å²) < 4.78 is 1.58. The van der Waals surface area contributed by atoms with Gasteiger partial charge < -0.3 is 5.11 Å². The second-order valence-corrected chi connectivity index (χ2v) is 3.52. The van der Waals surface area contributed by atoms with E-state index in [9.17, 15) is 4.79 Å². The Bertz CT molecular complexity index is 410. The highest BCUT2D eigenvalue weighted by Crippen LogP contribution is 2.48. The molecular formula is C10H10N2O2. The molecule has 0 unspecified atom stereocenters. The third-order valence-electron chi connectivity index (χ3n) is 2.60. The minimum absolute atomic E-state index is 0.385. The Morgan fingerprint density at radius 1 is 1.79 bits per heavy atom. The van der Waals surface area contributed by atoms with Crippen LogP contribution in [0.2, 0.25) is 0 Å². The molecule has 4 heteroatoms. The van der Waals surface area contributed by atoms with E-state index >= 15 is 0 Å². The smallest absolute Gasteiger partial charge is 0.314 e. The van der Waals surface area contributed by atoms with Crippen molar-refractivity contribution >= 4 is 5.97 Å². The van der Waals surface area contributed by atoms with Crippen molar-refractivity contribution in [3.05, 3.63) is 18.0 Å². The summed E-state index contributed by atoms with van der Waals surface area (Å²) in [5.74, 6) is 1.69. The summed E-state index contributed by atoms with van der Waals surface area (Å²) in [5, 5.41) is 13.0. The Kier molecular flexibility index (Phi) is 1.81. The van der Waals surface area contributed by atoms with E-state index in [1.54, 1.807) is 17.1 Å². The first kappa shape index (κ1) is 8.82. The standard InChI is InChI=1S/C10H10N2O2/c1-2-5-12-7-8(6-11-12)10(3-4-10)9(13)14/h1,6-7H,3-5H2,(H,13,14). The predicted octanol–water partition coefficient (Wildman–Crippen LogP) is 0.633. The van der Waals surface area contributed by atoms with Crippen LogP contribution in [-0.4, -0.2) is 20.9 Å². The van der Waals surface area contributed by atoms with Crippen LogP contribution in [0.5, 0.6) is 0 Å². The number of terminal acetylenes is 1. The summed E-state index contributed by atoms with van der Waals surface area (Å²) >= 11 is 0. The van der Waals surface area contributed by atoms with E-state index in [4.69, 9.17) is 11.5 Å². The first-order valence-corrected chi connectivity index (χ1v) is 4.39. The number of hydrogen-bond acceptors (Lipinski definition) is 2. The molecule has 0 saturated heterocycles. The number of rotatable bonds is 3. The molecule has 1 aliphatic rings. The summed E-state index contributed by atoms with van der Waals surface area (Å²) in [6, 6.07) is 0. The Hall–Kier alpha value is -1.76. The van der Waals surface area contributed by atoms with E-state index in [0.29, 0.717) is 19.4 Å². The summed E-state index contributed by atoms with van der Waals surface area (Å²) in [4.78, 5) is 11.0. The van der Waals surface area contributed by atoms with Gasteiger partial charge in [0.25, 0.3) is 0 Å². The highest BCUT2D eigenvalue weighted by molar-refractivity contribution is 5.84. The molecule has 0 radical (unpaired) electrons. The molecular weight excluding hydrogens is 180 g/mol. The van der Waals surface area contributed by atoms with E-state index in [2.05, 4.69) is 11.0 Å². The Morgan fingerprint density at radius 2 is 2.50 bits per heavy atom. The van der Waals surface area contributed by atoms with Crippen LogP contribution in [-0.2, 0) is 16.8 Å². The largest absolute Gasteiger partial charge is 0.481 e. The van der Waals surface area contributed by atoms with Crippen molar-refractivity contribution in [2.75, 3.05) is 0 Å². The topological polar surface area (TPSA) is 55.1 Å². The maximum Gasteiger partial charge on any atom is 0.314 e.